The van der Waals surface area contributed by atoms with Crippen molar-refractivity contribution < 1.29 is 14.3 Å². The number of para-hydroxylation sites is 1. The van der Waals surface area contributed by atoms with Crippen LogP contribution in [0.25, 0.3) is 0 Å². The third-order valence-electron chi connectivity index (χ3n) is 3.29. The fourth-order valence-corrected chi connectivity index (χ4v) is 3.54. The summed E-state index contributed by atoms with van der Waals surface area (Å²) in [5, 5.41) is 10.6. The van der Waals surface area contributed by atoms with Gasteiger partial charge < -0.3 is 15.8 Å². The van der Waals surface area contributed by atoms with Crippen LogP contribution in [0.5, 0.6) is 0 Å². The number of thioether (sulfide) groups is 1. The molecule has 3 N–H and O–H groups in total. The molecule has 9 heteroatoms. The van der Waals surface area contributed by atoms with Crippen molar-refractivity contribution in [2.24, 2.45) is 0 Å². The number of nitrogen functional groups attached to an aromatic ring is 1. The average molecular weight is 380 g/mol. The van der Waals surface area contributed by atoms with Crippen molar-refractivity contribution in [3.8, 4) is 0 Å². The van der Waals surface area contributed by atoms with Crippen LogP contribution < -0.4 is 11.1 Å². The van der Waals surface area contributed by atoms with Crippen LogP contribution in [0.2, 0.25) is 0 Å². The standard InChI is InChI=1S/C16H20N4O3S2/c1-9(2)11-6-4-5-10(3)14(11)18-12(21)7-23-13(22)8-24-16-20-19-15(17)25-16/h4-6,9H,7-8H2,1-3H3,(H2,17,19)(H,18,21). The molecule has 134 valence electrons. The van der Waals surface area contributed by atoms with Gasteiger partial charge in [-0.1, -0.05) is 55.1 Å². The first-order valence-electron chi connectivity index (χ1n) is 7.63. The predicted molar refractivity (Wildman–Crippen MR) is 99.9 cm³/mol. The zero-order valence-corrected chi connectivity index (χ0v) is 15.9. The molecule has 2 aromatic rings. The summed E-state index contributed by atoms with van der Waals surface area (Å²) in [6, 6.07) is 5.86. The lowest BCUT2D eigenvalue weighted by atomic mass is 9.98. The summed E-state index contributed by atoms with van der Waals surface area (Å²) in [6.07, 6.45) is 0. The maximum atomic E-state index is 12.1. The Kier molecular flexibility index (Phi) is 6.77. The van der Waals surface area contributed by atoms with E-state index in [9.17, 15) is 9.59 Å². The molecule has 7 nitrogen and oxygen atoms in total. The highest BCUT2D eigenvalue weighted by atomic mass is 32.2. The lowest BCUT2D eigenvalue weighted by Gasteiger charge is -2.16. The van der Waals surface area contributed by atoms with Crippen molar-refractivity contribution >= 4 is 45.8 Å². The molecular formula is C16H20N4O3S2. The molecule has 0 saturated carbocycles. The van der Waals surface area contributed by atoms with Crippen molar-refractivity contribution in [3.63, 3.8) is 0 Å². The molecule has 0 spiro atoms. The number of hydrogen-bond donors (Lipinski definition) is 2. The molecule has 0 unspecified atom stereocenters. The first-order chi connectivity index (χ1) is 11.9. The maximum Gasteiger partial charge on any atom is 0.316 e. The van der Waals surface area contributed by atoms with E-state index >= 15 is 0 Å². The smallest absolute Gasteiger partial charge is 0.316 e. The number of esters is 1. The van der Waals surface area contributed by atoms with Crippen molar-refractivity contribution in [3.05, 3.63) is 29.3 Å². The number of rotatable bonds is 7. The maximum absolute atomic E-state index is 12.1. The summed E-state index contributed by atoms with van der Waals surface area (Å²) in [7, 11) is 0. The lowest BCUT2D eigenvalue weighted by Crippen LogP contribution is -2.22. The number of nitrogens with two attached hydrogens (primary N) is 1. The van der Waals surface area contributed by atoms with Crippen LogP contribution in [-0.2, 0) is 14.3 Å². The van der Waals surface area contributed by atoms with Gasteiger partial charge in [-0.3, -0.25) is 9.59 Å². The molecule has 1 amide bonds. The summed E-state index contributed by atoms with van der Waals surface area (Å²) in [4.78, 5) is 23.8. The number of ether oxygens (including phenoxy) is 1. The van der Waals surface area contributed by atoms with Crippen LogP contribution >= 0.6 is 23.1 Å². The minimum absolute atomic E-state index is 0.0452. The molecule has 0 aliphatic carbocycles. The Hall–Kier alpha value is -2.13. The topological polar surface area (TPSA) is 107 Å². The van der Waals surface area contributed by atoms with Gasteiger partial charge in [0.15, 0.2) is 10.9 Å². The molecule has 1 heterocycles. The van der Waals surface area contributed by atoms with E-state index in [0.717, 1.165) is 16.8 Å². The van der Waals surface area contributed by atoms with Gasteiger partial charge in [0, 0.05) is 5.69 Å². The first kappa shape index (κ1) is 19.2. The normalized spacial score (nSPS) is 10.7. The highest BCUT2D eigenvalue weighted by molar-refractivity contribution is 8.01. The number of nitrogens with one attached hydrogen (secondary N) is 1. The van der Waals surface area contributed by atoms with E-state index in [2.05, 4.69) is 29.4 Å². The van der Waals surface area contributed by atoms with Gasteiger partial charge in [-0.25, -0.2) is 0 Å². The minimum Gasteiger partial charge on any atom is -0.455 e. The number of anilines is 2. The lowest BCUT2D eigenvalue weighted by molar-refractivity contribution is -0.144. The molecule has 25 heavy (non-hydrogen) atoms. The minimum atomic E-state index is -0.497. The van der Waals surface area contributed by atoms with Crippen molar-refractivity contribution in [2.75, 3.05) is 23.4 Å². The Balaban J connectivity index is 1.83. The fourth-order valence-electron chi connectivity index (χ4n) is 2.10. The third kappa shape index (κ3) is 5.71. The fraction of sp³-hybridized carbons (Fsp3) is 0.375. The first-order valence-corrected chi connectivity index (χ1v) is 9.43. The Morgan fingerprint density at radius 2 is 2.12 bits per heavy atom. The number of amides is 1. The number of aryl methyl sites for hydroxylation is 1. The zero-order chi connectivity index (χ0) is 18.4. The molecule has 0 saturated heterocycles. The number of aromatic nitrogens is 2. The summed E-state index contributed by atoms with van der Waals surface area (Å²) in [5.41, 5.74) is 8.25. The monoisotopic (exact) mass is 380 g/mol. The number of nitrogens with zero attached hydrogens (tertiary/aromatic N) is 2. The van der Waals surface area contributed by atoms with Gasteiger partial charge in [-0.05, 0) is 24.0 Å². The van der Waals surface area contributed by atoms with Gasteiger partial charge >= 0.3 is 5.97 Å². The number of carbonyl (C=O) groups is 2. The van der Waals surface area contributed by atoms with Crippen LogP contribution in [0, 0.1) is 6.92 Å². The van der Waals surface area contributed by atoms with E-state index in [1.807, 2.05) is 25.1 Å². The van der Waals surface area contributed by atoms with Gasteiger partial charge in [0.2, 0.25) is 5.13 Å². The summed E-state index contributed by atoms with van der Waals surface area (Å²) in [5.74, 6) is -0.547. The van der Waals surface area contributed by atoms with Gasteiger partial charge in [-0.2, -0.15) is 0 Å². The van der Waals surface area contributed by atoms with E-state index in [4.69, 9.17) is 10.5 Å². The Bertz CT molecular complexity index is 762. The SMILES string of the molecule is Cc1cccc(C(C)C)c1NC(=O)COC(=O)CSc1nnc(N)s1. The van der Waals surface area contributed by atoms with Crippen LogP contribution in [0.3, 0.4) is 0 Å². The van der Waals surface area contributed by atoms with Crippen LogP contribution in [0.4, 0.5) is 10.8 Å². The second-order valence-corrected chi connectivity index (χ2v) is 7.83. The third-order valence-corrected chi connectivity index (χ3v) is 5.15. The molecule has 0 fully saturated rings. The molecule has 0 bridgehead atoms. The summed E-state index contributed by atoms with van der Waals surface area (Å²) < 4.78 is 5.58. The quantitative estimate of drug-likeness (QED) is 0.562. The number of hydrogen-bond acceptors (Lipinski definition) is 8. The Labute approximate surface area is 154 Å². The summed E-state index contributed by atoms with van der Waals surface area (Å²) >= 11 is 2.37. The molecule has 0 aliphatic heterocycles. The van der Waals surface area contributed by atoms with E-state index in [-0.39, 0.29) is 24.2 Å². The van der Waals surface area contributed by atoms with Crippen molar-refractivity contribution in [1.29, 1.82) is 0 Å². The van der Waals surface area contributed by atoms with Crippen molar-refractivity contribution in [2.45, 2.75) is 31.0 Å². The molecule has 0 atom stereocenters. The highest BCUT2D eigenvalue weighted by Gasteiger charge is 2.14. The van der Waals surface area contributed by atoms with Gasteiger partial charge in [0.05, 0.1) is 5.75 Å². The van der Waals surface area contributed by atoms with E-state index in [1.54, 1.807) is 0 Å². The second-order valence-electron chi connectivity index (χ2n) is 5.60. The highest BCUT2D eigenvalue weighted by Crippen LogP contribution is 2.27. The van der Waals surface area contributed by atoms with E-state index < -0.39 is 5.97 Å². The van der Waals surface area contributed by atoms with E-state index in [0.29, 0.717) is 9.47 Å². The number of benzene rings is 1. The van der Waals surface area contributed by atoms with Gasteiger partial charge in [0.1, 0.15) is 0 Å². The van der Waals surface area contributed by atoms with Crippen LogP contribution in [-0.4, -0.2) is 34.4 Å². The molecule has 2 rings (SSSR count). The second kappa shape index (κ2) is 8.82. The van der Waals surface area contributed by atoms with Crippen LogP contribution in [0.15, 0.2) is 22.5 Å². The van der Waals surface area contributed by atoms with Crippen molar-refractivity contribution in [1.82, 2.24) is 10.2 Å². The van der Waals surface area contributed by atoms with Crippen LogP contribution in [0.1, 0.15) is 30.9 Å². The molecule has 0 radical (unpaired) electrons. The zero-order valence-electron chi connectivity index (χ0n) is 14.2. The molecule has 1 aromatic carbocycles. The molecule has 0 aliphatic rings. The Morgan fingerprint density at radius 3 is 2.76 bits per heavy atom. The largest absolute Gasteiger partial charge is 0.455 e. The summed E-state index contributed by atoms with van der Waals surface area (Å²) in [6.45, 7) is 5.71. The Morgan fingerprint density at radius 1 is 1.36 bits per heavy atom. The molecular weight excluding hydrogens is 360 g/mol. The van der Waals surface area contributed by atoms with E-state index in [1.165, 1.54) is 23.1 Å². The molecule has 1 aromatic heterocycles. The van der Waals surface area contributed by atoms with Gasteiger partial charge in [-0.15, -0.1) is 10.2 Å². The average Bonchev–Trinajstić information content (AvgIpc) is 2.98. The predicted octanol–water partition coefficient (Wildman–Crippen LogP) is 2.83. The number of carbonyl (C=O) groups excluding carboxylic acids is 2. The van der Waals surface area contributed by atoms with Gasteiger partial charge in [0.25, 0.3) is 5.91 Å².